The molecule has 29 heavy (non-hydrogen) atoms. The molecule has 1 amide bonds. The molecule has 7 heteroatoms. The number of amides is 1. The van der Waals surface area contributed by atoms with Crippen molar-refractivity contribution >= 4 is 18.3 Å². The van der Waals surface area contributed by atoms with Crippen LogP contribution in [0.4, 0.5) is 0 Å². The lowest BCUT2D eigenvalue weighted by molar-refractivity contribution is 0.0933. The summed E-state index contributed by atoms with van der Waals surface area (Å²) in [5.74, 6) is 1.65. The van der Waals surface area contributed by atoms with E-state index in [9.17, 15) is 9.59 Å². The first-order valence-electron chi connectivity index (χ1n) is 9.96. The van der Waals surface area contributed by atoms with Crippen LogP contribution in [-0.2, 0) is 6.42 Å². The number of benzene rings is 1. The van der Waals surface area contributed by atoms with E-state index in [1.807, 2.05) is 30.3 Å². The normalized spacial score (nSPS) is 18.9. The Balaban J connectivity index is 0.00000240. The van der Waals surface area contributed by atoms with E-state index >= 15 is 0 Å². The Kier molecular flexibility index (Phi) is 6.98. The number of aryl methyl sites for hydroxylation is 1. The zero-order chi connectivity index (χ0) is 19.5. The zero-order valence-electron chi connectivity index (χ0n) is 16.5. The molecule has 2 aromatic rings. The quantitative estimate of drug-likeness (QED) is 0.798. The second kappa shape index (κ2) is 9.46. The number of fused-ring (bicyclic) bond motifs is 1. The summed E-state index contributed by atoms with van der Waals surface area (Å²) in [5, 5.41) is 6.19. The topological polar surface area (TPSA) is 80.6 Å². The second-order valence-electron chi connectivity index (χ2n) is 7.72. The van der Waals surface area contributed by atoms with E-state index in [-0.39, 0.29) is 35.7 Å². The van der Waals surface area contributed by atoms with Crippen molar-refractivity contribution in [3.05, 3.63) is 63.2 Å². The van der Waals surface area contributed by atoms with Gasteiger partial charge in [-0.15, -0.1) is 12.4 Å². The second-order valence-corrected chi connectivity index (χ2v) is 7.72. The lowest BCUT2D eigenvalue weighted by Gasteiger charge is -2.25. The van der Waals surface area contributed by atoms with E-state index in [4.69, 9.17) is 9.15 Å². The summed E-state index contributed by atoms with van der Waals surface area (Å²) >= 11 is 0. The molecule has 2 aliphatic rings. The number of para-hydroxylation sites is 1. The minimum Gasteiger partial charge on any atom is -0.493 e. The monoisotopic (exact) mass is 418 g/mol. The third-order valence-electron chi connectivity index (χ3n) is 5.64. The molecular formula is C22H27ClN2O4. The molecule has 1 fully saturated rings. The predicted octanol–water partition coefficient (Wildman–Crippen LogP) is 2.82. The molecule has 1 unspecified atom stereocenters. The van der Waals surface area contributed by atoms with Crippen molar-refractivity contribution in [1.82, 2.24) is 10.6 Å². The number of hydrogen-bond donors (Lipinski definition) is 2. The third-order valence-corrected chi connectivity index (χ3v) is 5.64. The average Bonchev–Trinajstić information content (AvgIpc) is 2.72. The molecule has 1 aromatic heterocycles. The lowest BCUT2D eigenvalue weighted by atomic mass is 9.94. The zero-order valence-corrected chi connectivity index (χ0v) is 17.3. The maximum atomic E-state index is 12.6. The Labute approximate surface area is 176 Å². The third kappa shape index (κ3) is 4.82. The smallest absolute Gasteiger partial charge is 0.349 e. The van der Waals surface area contributed by atoms with Gasteiger partial charge in [-0.2, -0.15) is 0 Å². The molecule has 1 saturated heterocycles. The van der Waals surface area contributed by atoms with Gasteiger partial charge in [-0.05, 0) is 62.5 Å². The van der Waals surface area contributed by atoms with Crippen LogP contribution in [-0.4, -0.2) is 32.1 Å². The molecule has 1 atom stereocenters. The molecular weight excluding hydrogens is 392 g/mol. The molecule has 0 bridgehead atoms. The van der Waals surface area contributed by atoms with Crippen LogP contribution in [0, 0.1) is 12.8 Å². The van der Waals surface area contributed by atoms with E-state index < -0.39 is 5.63 Å². The van der Waals surface area contributed by atoms with Crippen LogP contribution < -0.4 is 21.0 Å². The number of hydrogen-bond acceptors (Lipinski definition) is 5. The van der Waals surface area contributed by atoms with Crippen molar-refractivity contribution in [3.63, 3.8) is 0 Å². The van der Waals surface area contributed by atoms with E-state index in [1.54, 1.807) is 6.92 Å². The molecule has 3 heterocycles. The van der Waals surface area contributed by atoms with Crippen LogP contribution in [0.15, 0.2) is 39.5 Å². The van der Waals surface area contributed by atoms with Crippen LogP contribution in [0.25, 0.3) is 0 Å². The van der Waals surface area contributed by atoms with Crippen molar-refractivity contribution in [2.75, 3.05) is 26.2 Å². The molecule has 0 aliphatic carbocycles. The van der Waals surface area contributed by atoms with Crippen LogP contribution >= 0.6 is 12.4 Å². The predicted molar refractivity (Wildman–Crippen MR) is 113 cm³/mol. The average molecular weight is 419 g/mol. The van der Waals surface area contributed by atoms with Gasteiger partial charge < -0.3 is 19.8 Å². The first kappa shape index (κ1) is 21.4. The summed E-state index contributed by atoms with van der Waals surface area (Å²) in [6, 6.07) is 9.80. The number of carbonyl (C=O) groups is 1. The first-order valence-corrected chi connectivity index (χ1v) is 9.96. The van der Waals surface area contributed by atoms with Crippen LogP contribution in [0.3, 0.4) is 0 Å². The lowest BCUT2D eigenvalue weighted by Crippen LogP contribution is -2.37. The summed E-state index contributed by atoms with van der Waals surface area (Å²) in [6.45, 7) is 4.66. The Bertz CT molecular complexity index is 921. The van der Waals surface area contributed by atoms with Gasteiger partial charge in [0.2, 0.25) is 0 Å². The largest absolute Gasteiger partial charge is 0.493 e. The SMILES string of the molecule is Cc1cc(C2CCNCC2)oc(=O)c1C(=O)NCC1COc2ccccc2C1.Cl. The summed E-state index contributed by atoms with van der Waals surface area (Å²) in [5.41, 5.74) is 1.38. The summed E-state index contributed by atoms with van der Waals surface area (Å²) in [6.07, 6.45) is 2.73. The maximum absolute atomic E-state index is 12.6. The molecule has 4 rings (SSSR count). The number of halogens is 1. The number of carbonyl (C=O) groups excluding carboxylic acids is 1. The summed E-state index contributed by atoms with van der Waals surface area (Å²) < 4.78 is 11.3. The maximum Gasteiger partial charge on any atom is 0.349 e. The Hall–Kier alpha value is -2.31. The van der Waals surface area contributed by atoms with Gasteiger partial charge in [-0.3, -0.25) is 4.79 Å². The molecule has 0 spiro atoms. The first-order chi connectivity index (χ1) is 13.6. The van der Waals surface area contributed by atoms with E-state index in [1.165, 1.54) is 0 Å². The fourth-order valence-corrected chi connectivity index (χ4v) is 4.06. The molecule has 0 saturated carbocycles. The van der Waals surface area contributed by atoms with Gasteiger partial charge in [0, 0.05) is 18.4 Å². The van der Waals surface area contributed by atoms with Gasteiger partial charge in [0.25, 0.3) is 5.91 Å². The van der Waals surface area contributed by atoms with Crippen molar-refractivity contribution in [2.24, 2.45) is 5.92 Å². The van der Waals surface area contributed by atoms with E-state index in [2.05, 4.69) is 10.6 Å². The van der Waals surface area contributed by atoms with Gasteiger partial charge >= 0.3 is 5.63 Å². The summed E-state index contributed by atoms with van der Waals surface area (Å²) in [7, 11) is 0. The van der Waals surface area contributed by atoms with E-state index in [0.29, 0.717) is 24.5 Å². The number of rotatable bonds is 4. The molecule has 6 nitrogen and oxygen atoms in total. The van der Waals surface area contributed by atoms with Crippen molar-refractivity contribution in [2.45, 2.75) is 32.1 Å². The van der Waals surface area contributed by atoms with Crippen molar-refractivity contribution in [3.8, 4) is 5.75 Å². The van der Waals surface area contributed by atoms with Crippen LogP contribution in [0.1, 0.15) is 46.0 Å². The highest BCUT2D eigenvalue weighted by molar-refractivity contribution is 5.95. The fraction of sp³-hybridized carbons (Fsp3) is 0.455. The number of ether oxygens (including phenoxy) is 1. The van der Waals surface area contributed by atoms with Crippen LogP contribution in [0.2, 0.25) is 0 Å². The van der Waals surface area contributed by atoms with Crippen molar-refractivity contribution < 1.29 is 13.9 Å². The Morgan fingerprint density at radius 1 is 1.24 bits per heavy atom. The molecule has 2 aliphatic heterocycles. The molecule has 156 valence electrons. The highest BCUT2D eigenvalue weighted by Gasteiger charge is 2.24. The van der Waals surface area contributed by atoms with Crippen LogP contribution in [0.5, 0.6) is 5.75 Å². The molecule has 2 N–H and O–H groups in total. The molecule has 1 aromatic carbocycles. The highest BCUT2D eigenvalue weighted by atomic mass is 35.5. The number of nitrogens with one attached hydrogen (secondary N) is 2. The minimum absolute atomic E-state index is 0. The molecule has 0 radical (unpaired) electrons. The van der Waals surface area contributed by atoms with E-state index in [0.717, 1.165) is 43.7 Å². The van der Waals surface area contributed by atoms with Gasteiger partial charge in [0.15, 0.2) is 0 Å². The Morgan fingerprint density at radius 2 is 2.00 bits per heavy atom. The van der Waals surface area contributed by atoms with Crippen molar-refractivity contribution in [1.29, 1.82) is 0 Å². The fourth-order valence-electron chi connectivity index (χ4n) is 4.06. The standard InChI is InChI=1S/C22H26N2O4.ClH/c1-14-10-19(16-6-8-23-9-7-16)28-22(26)20(14)21(25)24-12-15-11-17-4-2-3-5-18(17)27-13-15;/h2-5,10,15-16,23H,6-9,11-13H2,1H3,(H,24,25);1H. The number of piperidine rings is 1. The van der Waals surface area contributed by atoms with Gasteiger partial charge in [0.05, 0.1) is 6.61 Å². The van der Waals surface area contributed by atoms with Gasteiger partial charge in [-0.1, -0.05) is 18.2 Å². The Morgan fingerprint density at radius 3 is 2.76 bits per heavy atom. The van der Waals surface area contributed by atoms with Gasteiger partial charge in [0.1, 0.15) is 17.1 Å². The minimum atomic E-state index is -0.545. The highest BCUT2D eigenvalue weighted by Crippen LogP contribution is 2.27. The summed E-state index contributed by atoms with van der Waals surface area (Å²) in [4.78, 5) is 25.1. The van der Waals surface area contributed by atoms with Gasteiger partial charge in [-0.25, -0.2) is 4.79 Å².